The summed E-state index contributed by atoms with van der Waals surface area (Å²) in [5.41, 5.74) is 0.525. The SMILES string of the molecule is O=C(COC(=O)CNC(=O)c1ccc(Cl)cc1)Nc1ccc([N+](=O)[O-])cc1. The third-order valence-electron chi connectivity index (χ3n) is 3.23. The molecule has 0 spiro atoms. The molecule has 2 amide bonds. The molecule has 0 aliphatic heterocycles. The largest absolute Gasteiger partial charge is 0.454 e. The van der Waals surface area contributed by atoms with Gasteiger partial charge in [-0.1, -0.05) is 11.6 Å². The van der Waals surface area contributed by atoms with E-state index in [0.29, 0.717) is 16.3 Å². The molecule has 0 aromatic heterocycles. The van der Waals surface area contributed by atoms with E-state index in [1.165, 1.54) is 48.5 Å². The van der Waals surface area contributed by atoms with Gasteiger partial charge in [-0.15, -0.1) is 0 Å². The fourth-order valence-electron chi connectivity index (χ4n) is 1.92. The van der Waals surface area contributed by atoms with E-state index in [4.69, 9.17) is 16.3 Å². The minimum Gasteiger partial charge on any atom is -0.454 e. The first-order valence-corrected chi connectivity index (χ1v) is 7.96. The minimum absolute atomic E-state index is 0.115. The Morgan fingerprint density at radius 3 is 2.26 bits per heavy atom. The smallest absolute Gasteiger partial charge is 0.325 e. The van der Waals surface area contributed by atoms with Crippen LogP contribution in [-0.2, 0) is 14.3 Å². The molecule has 0 saturated heterocycles. The van der Waals surface area contributed by atoms with Gasteiger partial charge in [-0.3, -0.25) is 24.5 Å². The van der Waals surface area contributed by atoms with Crippen molar-refractivity contribution in [3.8, 4) is 0 Å². The Labute approximate surface area is 158 Å². The van der Waals surface area contributed by atoms with Crippen molar-refractivity contribution in [2.24, 2.45) is 0 Å². The van der Waals surface area contributed by atoms with Gasteiger partial charge in [0.25, 0.3) is 17.5 Å². The molecule has 27 heavy (non-hydrogen) atoms. The quantitative estimate of drug-likeness (QED) is 0.423. The van der Waals surface area contributed by atoms with Crippen molar-refractivity contribution >= 4 is 40.8 Å². The van der Waals surface area contributed by atoms with E-state index >= 15 is 0 Å². The van der Waals surface area contributed by atoms with Gasteiger partial charge < -0.3 is 15.4 Å². The number of carbonyl (C=O) groups excluding carboxylic acids is 3. The fourth-order valence-corrected chi connectivity index (χ4v) is 2.04. The van der Waals surface area contributed by atoms with Crippen molar-refractivity contribution in [2.75, 3.05) is 18.5 Å². The van der Waals surface area contributed by atoms with Gasteiger partial charge in [0, 0.05) is 28.4 Å². The predicted molar refractivity (Wildman–Crippen MR) is 96.5 cm³/mol. The van der Waals surface area contributed by atoms with Crippen LogP contribution in [0.25, 0.3) is 0 Å². The zero-order valence-corrected chi connectivity index (χ0v) is 14.6. The molecule has 2 aromatic rings. The molecule has 0 fully saturated rings. The molecule has 10 heteroatoms. The summed E-state index contributed by atoms with van der Waals surface area (Å²) >= 11 is 5.72. The molecule has 0 heterocycles. The number of nitro benzene ring substituents is 1. The Balaban J connectivity index is 1.72. The third kappa shape index (κ3) is 6.40. The average Bonchev–Trinajstić information content (AvgIpc) is 2.65. The molecule has 2 aromatic carbocycles. The Kier molecular flexibility index (Phi) is 6.84. The van der Waals surface area contributed by atoms with Gasteiger partial charge >= 0.3 is 5.97 Å². The number of nitrogens with zero attached hydrogens (tertiary/aromatic N) is 1. The second-order valence-corrected chi connectivity index (χ2v) is 5.64. The molecule has 2 N–H and O–H groups in total. The molecule has 0 unspecified atom stereocenters. The molecular weight excluding hydrogens is 378 g/mol. The van der Waals surface area contributed by atoms with Gasteiger partial charge in [-0.25, -0.2) is 0 Å². The molecule has 9 nitrogen and oxygen atoms in total. The first-order chi connectivity index (χ1) is 12.8. The van der Waals surface area contributed by atoms with E-state index in [9.17, 15) is 24.5 Å². The number of benzene rings is 2. The van der Waals surface area contributed by atoms with Crippen molar-refractivity contribution in [1.29, 1.82) is 0 Å². The standard InChI is InChI=1S/C17H14ClN3O6/c18-12-3-1-11(2-4-12)17(24)19-9-16(23)27-10-15(22)20-13-5-7-14(8-6-13)21(25)26/h1-8H,9-10H2,(H,19,24)(H,20,22). The highest BCUT2D eigenvalue weighted by atomic mass is 35.5. The van der Waals surface area contributed by atoms with E-state index in [2.05, 4.69) is 10.6 Å². The normalized spacial score (nSPS) is 9.96. The van der Waals surface area contributed by atoms with Crippen molar-refractivity contribution in [1.82, 2.24) is 5.32 Å². The number of ether oxygens (including phenoxy) is 1. The third-order valence-corrected chi connectivity index (χ3v) is 3.48. The molecule has 0 saturated carbocycles. The molecule has 0 radical (unpaired) electrons. The van der Waals surface area contributed by atoms with Gasteiger partial charge in [-0.05, 0) is 36.4 Å². The lowest BCUT2D eigenvalue weighted by Crippen LogP contribution is -2.32. The lowest BCUT2D eigenvalue weighted by Gasteiger charge is -2.07. The van der Waals surface area contributed by atoms with E-state index < -0.39 is 35.9 Å². The number of non-ortho nitro benzene ring substituents is 1. The average molecular weight is 392 g/mol. The number of esters is 1. The Bertz CT molecular complexity index is 852. The second kappa shape index (κ2) is 9.30. The number of rotatable bonds is 7. The number of carbonyl (C=O) groups is 3. The highest BCUT2D eigenvalue weighted by molar-refractivity contribution is 6.30. The van der Waals surface area contributed by atoms with Gasteiger partial charge in [0.1, 0.15) is 6.54 Å². The molecule has 0 aliphatic carbocycles. The summed E-state index contributed by atoms with van der Waals surface area (Å²) in [6, 6.07) is 11.2. The van der Waals surface area contributed by atoms with Crippen molar-refractivity contribution in [3.63, 3.8) is 0 Å². The highest BCUT2D eigenvalue weighted by Crippen LogP contribution is 2.15. The zero-order chi connectivity index (χ0) is 19.8. The van der Waals surface area contributed by atoms with Gasteiger partial charge in [0.15, 0.2) is 6.61 Å². The number of amides is 2. The summed E-state index contributed by atoms with van der Waals surface area (Å²) in [6.45, 7) is -0.973. The first kappa shape index (κ1) is 19.9. The molecule has 0 bridgehead atoms. The topological polar surface area (TPSA) is 128 Å². The Morgan fingerprint density at radius 2 is 1.67 bits per heavy atom. The van der Waals surface area contributed by atoms with Crippen LogP contribution in [0.5, 0.6) is 0 Å². The summed E-state index contributed by atoms with van der Waals surface area (Å²) in [6.07, 6.45) is 0. The first-order valence-electron chi connectivity index (χ1n) is 7.59. The van der Waals surface area contributed by atoms with Crippen LogP contribution in [0.4, 0.5) is 11.4 Å². The molecule has 0 atom stereocenters. The van der Waals surface area contributed by atoms with E-state index in [1.54, 1.807) is 0 Å². The van der Waals surface area contributed by atoms with Crippen molar-refractivity contribution in [2.45, 2.75) is 0 Å². The zero-order valence-electron chi connectivity index (χ0n) is 13.8. The number of hydrogen-bond acceptors (Lipinski definition) is 6. The van der Waals surface area contributed by atoms with Crippen LogP contribution in [0.3, 0.4) is 0 Å². The Hall–Kier alpha value is -3.46. The van der Waals surface area contributed by atoms with Crippen molar-refractivity contribution in [3.05, 3.63) is 69.2 Å². The number of hydrogen-bond donors (Lipinski definition) is 2. The maximum Gasteiger partial charge on any atom is 0.325 e. The fraction of sp³-hybridized carbons (Fsp3) is 0.118. The molecule has 140 valence electrons. The van der Waals surface area contributed by atoms with Crippen LogP contribution in [-0.4, -0.2) is 35.9 Å². The van der Waals surface area contributed by atoms with Crippen LogP contribution in [0.15, 0.2) is 48.5 Å². The number of nitrogens with one attached hydrogen (secondary N) is 2. The summed E-state index contributed by atoms with van der Waals surface area (Å²) in [7, 11) is 0. The van der Waals surface area contributed by atoms with Crippen LogP contribution in [0.2, 0.25) is 5.02 Å². The van der Waals surface area contributed by atoms with Crippen LogP contribution in [0, 0.1) is 10.1 Å². The van der Waals surface area contributed by atoms with Crippen LogP contribution in [0.1, 0.15) is 10.4 Å². The van der Waals surface area contributed by atoms with Gasteiger partial charge in [0.05, 0.1) is 4.92 Å². The number of anilines is 1. The van der Waals surface area contributed by atoms with Crippen LogP contribution < -0.4 is 10.6 Å². The van der Waals surface area contributed by atoms with E-state index in [0.717, 1.165) is 0 Å². The Morgan fingerprint density at radius 1 is 1.04 bits per heavy atom. The second-order valence-electron chi connectivity index (χ2n) is 5.20. The minimum atomic E-state index is -0.795. The maximum absolute atomic E-state index is 11.8. The van der Waals surface area contributed by atoms with Crippen molar-refractivity contribution < 1.29 is 24.0 Å². The number of halogens is 1. The molecule has 2 rings (SSSR count). The van der Waals surface area contributed by atoms with E-state index in [-0.39, 0.29) is 5.69 Å². The molecular formula is C17H14ClN3O6. The molecule has 0 aliphatic rings. The van der Waals surface area contributed by atoms with Gasteiger partial charge in [0.2, 0.25) is 0 Å². The summed E-state index contributed by atoms with van der Waals surface area (Å²) in [4.78, 5) is 45.1. The lowest BCUT2D eigenvalue weighted by atomic mass is 10.2. The predicted octanol–water partition coefficient (Wildman–Crippen LogP) is 2.16. The lowest BCUT2D eigenvalue weighted by molar-refractivity contribution is -0.384. The van der Waals surface area contributed by atoms with E-state index in [1.807, 2.05) is 0 Å². The van der Waals surface area contributed by atoms with Crippen LogP contribution >= 0.6 is 11.6 Å². The maximum atomic E-state index is 11.8. The summed E-state index contributed by atoms with van der Waals surface area (Å²) in [5.74, 6) is -1.91. The van der Waals surface area contributed by atoms with Gasteiger partial charge in [-0.2, -0.15) is 0 Å². The number of nitro groups is 1. The monoisotopic (exact) mass is 391 g/mol. The summed E-state index contributed by atoms with van der Waals surface area (Å²) in [5, 5.41) is 15.8. The summed E-state index contributed by atoms with van der Waals surface area (Å²) < 4.78 is 4.75. The highest BCUT2D eigenvalue weighted by Gasteiger charge is 2.11.